The SMILES string of the molecule is Cc1cc(Cl)ccc1COc1ccnn1-c1cc(CO)ccn1. The molecule has 3 rings (SSSR count). The van der Waals surface area contributed by atoms with E-state index in [-0.39, 0.29) is 6.61 Å². The van der Waals surface area contributed by atoms with Crippen molar-refractivity contribution in [2.24, 2.45) is 0 Å². The fourth-order valence-corrected chi connectivity index (χ4v) is 2.45. The maximum Gasteiger partial charge on any atom is 0.218 e. The van der Waals surface area contributed by atoms with Gasteiger partial charge in [0.2, 0.25) is 5.88 Å². The molecule has 0 spiro atoms. The minimum Gasteiger partial charge on any atom is -0.473 e. The number of nitrogens with zero attached hydrogens (tertiary/aromatic N) is 3. The molecule has 1 N–H and O–H groups in total. The highest BCUT2D eigenvalue weighted by Crippen LogP contribution is 2.20. The highest BCUT2D eigenvalue weighted by molar-refractivity contribution is 6.30. The number of hydrogen-bond donors (Lipinski definition) is 1. The highest BCUT2D eigenvalue weighted by Gasteiger charge is 2.09. The van der Waals surface area contributed by atoms with Crippen molar-refractivity contribution in [1.29, 1.82) is 0 Å². The summed E-state index contributed by atoms with van der Waals surface area (Å²) in [4.78, 5) is 4.27. The second-order valence-electron chi connectivity index (χ2n) is 5.12. The molecule has 0 atom stereocenters. The zero-order valence-electron chi connectivity index (χ0n) is 12.6. The number of aryl methyl sites for hydroxylation is 1. The molecule has 0 amide bonds. The number of aliphatic hydroxyl groups excluding tert-OH is 1. The molecule has 0 aliphatic heterocycles. The summed E-state index contributed by atoms with van der Waals surface area (Å²) in [5, 5.41) is 14.2. The summed E-state index contributed by atoms with van der Waals surface area (Å²) >= 11 is 5.97. The van der Waals surface area contributed by atoms with Crippen molar-refractivity contribution in [3.8, 4) is 11.7 Å². The lowest BCUT2D eigenvalue weighted by atomic mass is 10.1. The van der Waals surface area contributed by atoms with Crippen LogP contribution in [0, 0.1) is 6.92 Å². The Bertz CT molecular complexity index is 817. The van der Waals surface area contributed by atoms with Crippen LogP contribution in [0.2, 0.25) is 5.02 Å². The molecule has 2 aromatic heterocycles. The number of hydrogen-bond acceptors (Lipinski definition) is 4. The van der Waals surface area contributed by atoms with Crippen molar-refractivity contribution in [3.05, 3.63) is 70.5 Å². The van der Waals surface area contributed by atoms with E-state index >= 15 is 0 Å². The van der Waals surface area contributed by atoms with Gasteiger partial charge in [0.25, 0.3) is 0 Å². The van der Waals surface area contributed by atoms with Crippen molar-refractivity contribution >= 4 is 11.6 Å². The Morgan fingerprint density at radius 3 is 2.83 bits per heavy atom. The van der Waals surface area contributed by atoms with E-state index in [0.717, 1.165) is 16.7 Å². The number of benzene rings is 1. The Labute approximate surface area is 139 Å². The Morgan fingerprint density at radius 1 is 1.17 bits per heavy atom. The van der Waals surface area contributed by atoms with Gasteiger partial charge in [-0.1, -0.05) is 17.7 Å². The molecule has 0 aliphatic rings. The van der Waals surface area contributed by atoms with Crippen molar-refractivity contribution in [1.82, 2.24) is 14.8 Å². The molecular weight excluding hydrogens is 314 g/mol. The maximum atomic E-state index is 9.23. The minimum absolute atomic E-state index is 0.0447. The molecule has 0 radical (unpaired) electrons. The van der Waals surface area contributed by atoms with E-state index < -0.39 is 0 Å². The van der Waals surface area contributed by atoms with Gasteiger partial charge in [-0.2, -0.15) is 9.78 Å². The quantitative estimate of drug-likeness (QED) is 0.780. The van der Waals surface area contributed by atoms with Crippen LogP contribution in [0.15, 0.2) is 48.8 Å². The third-order valence-electron chi connectivity index (χ3n) is 3.50. The molecule has 0 bridgehead atoms. The Balaban J connectivity index is 1.81. The third kappa shape index (κ3) is 3.52. The van der Waals surface area contributed by atoms with E-state index in [1.54, 1.807) is 35.3 Å². The summed E-state index contributed by atoms with van der Waals surface area (Å²) in [5.74, 6) is 1.19. The van der Waals surface area contributed by atoms with Gasteiger partial charge in [-0.05, 0) is 47.9 Å². The molecule has 5 nitrogen and oxygen atoms in total. The van der Waals surface area contributed by atoms with E-state index in [1.807, 2.05) is 25.1 Å². The summed E-state index contributed by atoms with van der Waals surface area (Å²) in [6.07, 6.45) is 3.28. The van der Waals surface area contributed by atoms with Crippen LogP contribution >= 0.6 is 11.6 Å². The minimum atomic E-state index is -0.0447. The molecule has 118 valence electrons. The summed E-state index contributed by atoms with van der Waals surface area (Å²) < 4.78 is 7.47. The molecule has 0 saturated heterocycles. The number of pyridine rings is 1. The van der Waals surface area contributed by atoms with Crippen LogP contribution in [-0.2, 0) is 13.2 Å². The topological polar surface area (TPSA) is 60.2 Å². The fourth-order valence-electron chi connectivity index (χ4n) is 2.22. The van der Waals surface area contributed by atoms with Crippen LogP contribution in [-0.4, -0.2) is 19.9 Å². The summed E-state index contributed by atoms with van der Waals surface area (Å²) in [5.41, 5.74) is 2.90. The van der Waals surface area contributed by atoms with Crippen LogP contribution in [0.4, 0.5) is 0 Å². The molecule has 0 fully saturated rings. The maximum absolute atomic E-state index is 9.23. The first-order valence-electron chi connectivity index (χ1n) is 7.15. The van der Waals surface area contributed by atoms with Gasteiger partial charge in [0.15, 0.2) is 5.82 Å². The van der Waals surface area contributed by atoms with Crippen molar-refractivity contribution in [2.75, 3.05) is 0 Å². The molecular formula is C17H16ClN3O2. The zero-order chi connectivity index (χ0) is 16.2. The van der Waals surface area contributed by atoms with E-state index in [1.165, 1.54) is 0 Å². The average Bonchev–Trinajstić information content (AvgIpc) is 3.02. The molecule has 6 heteroatoms. The number of aromatic nitrogens is 3. The average molecular weight is 330 g/mol. The van der Waals surface area contributed by atoms with Crippen molar-refractivity contribution < 1.29 is 9.84 Å². The monoisotopic (exact) mass is 329 g/mol. The predicted molar refractivity (Wildman–Crippen MR) is 87.8 cm³/mol. The predicted octanol–water partition coefficient (Wildman–Crippen LogP) is 3.30. The molecule has 2 heterocycles. The van der Waals surface area contributed by atoms with Gasteiger partial charge in [-0.25, -0.2) is 4.98 Å². The van der Waals surface area contributed by atoms with E-state index in [9.17, 15) is 5.11 Å². The first-order valence-corrected chi connectivity index (χ1v) is 7.53. The lowest BCUT2D eigenvalue weighted by Gasteiger charge is -2.11. The second-order valence-corrected chi connectivity index (χ2v) is 5.56. The third-order valence-corrected chi connectivity index (χ3v) is 3.73. The van der Waals surface area contributed by atoms with Crippen LogP contribution in [0.25, 0.3) is 5.82 Å². The summed E-state index contributed by atoms with van der Waals surface area (Å²) in [6.45, 7) is 2.36. The molecule has 1 aromatic carbocycles. The Morgan fingerprint density at radius 2 is 2.04 bits per heavy atom. The zero-order valence-corrected chi connectivity index (χ0v) is 13.4. The number of aliphatic hydroxyl groups is 1. The van der Waals surface area contributed by atoms with Crippen LogP contribution < -0.4 is 4.74 Å². The molecule has 0 aliphatic carbocycles. The summed E-state index contributed by atoms with van der Waals surface area (Å²) in [6, 6.07) is 11.0. The normalized spacial score (nSPS) is 10.7. The van der Waals surface area contributed by atoms with Gasteiger partial charge >= 0.3 is 0 Å². The first-order chi connectivity index (χ1) is 11.2. The molecule has 0 saturated carbocycles. The van der Waals surface area contributed by atoms with Gasteiger partial charge in [0.05, 0.1) is 12.8 Å². The van der Waals surface area contributed by atoms with Gasteiger partial charge in [0, 0.05) is 17.3 Å². The van der Waals surface area contributed by atoms with Crippen molar-refractivity contribution in [3.63, 3.8) is 0 Å². The molecule has 23 heavy (non-hydrogen) atoms. The molecule has 3 aromatic rings. The number of rotatable bonds is 5. The van der Waals surface area contributed by atoms with E-state index in [4.69, 9.17) is 16.3 Å². The lowest BCUT2D eigenvalue weighted by molar-refractivity contribution is 0.279. The van der Waals surface area contributed by atoms with E-state index in [0.29, 0.717) is 23.3 Å². The van der Waals surface area contributed by atoms with Gasteiger partial charge < -0.3 is 9.84 Å². The Hall–Kier alpha value is -2.37. The summed E-state index contributed by atoms with van der Waals surface area (Å²) in [7, 11) is 0. The van der Waals surface area contributed by atoms with Gasteiger partial charge in [-0.15, -0.1) is 0 Å². The number of ether oxygens (including phenoxy) is 1. The van der Waals surface area contributed by atoms with E-state index in [2.05, 4.69) is 10.1 Å². The van der Waals surface area contributed by atoms with Gasteiger partial charge in [0.1, 0.15) is 6.61 Å². The van der Waals surface area contributed by atoms with Crippen LogP contribution in [0.1, 0.15) is 16.7 Å². The van der Waals surface area contributed by atoms with Crippen LogP contribution in [0.3, 0.4) is 0 Å². The highest BCUT2D eigenvalue weighted by atomic mass is 35.5. The first kappa shape index (κ1) is 15.5. The number of halogens is 1. The Kier molecular flexibility index (Phi) is 4.60. The van der Waals surface area contributed by atoms with Crippen LogP contribution in [0.5, 0.6) is 5.88 Å². The lowest BCUT2D eigenvalue weighted by Crippen LogP contribution is -2.06. The smallest absolute Gasteiger partial charge is 0.218 e. The van der Waals surface area contributed by atoms with Gasteiger partial charge in [-0.3, -0.25) is 0 Å². The second kappa shape index (κ2) is 6.81. The fraction of sp³-hybridized carbons (Fsp3) is 0.176. The standard InChI is InChI=1S/C17H16ClN3O2/c1-12-8-15(18)3-2-14(12)11-23-17-5-7-20-21(17)16-9-13(10-22)4-6-19-16/h2-9,22H,10-11H2,1H3. The van der Waals surface area contributed by atoms with Crippen molar-refractivity contribution in [2.45, 2.75) is 20.1 Å². The molecule has 0 unspecified atom stereocenters. The largest absolute Gasteiger partial charge is 0.473 e.